The highest BCUT2D eigenvalue weighted by Gasteiger charge is 2.21. The van der Waals surface area contributed by atoms with E-state index in [1.165, 1.54) is 18.4 Å². The number of aliphatic imine (C=N–C) groups is 1. The zero-order valence-electron chi connectivity index (χ0n) is 17.1. The van der Waals surface area contributed by atoms with Gasteiger partial charge in [0.1, 0.15) is 0 Å². The summed E-state index contributed by atoms with van der Waals surface area (Å²) in [4.78, 5) is 4.43. The summed E-state index contributed by atoms with van der Waals surface area (Å²) in [5.41, 5.74) is 1.19. The average Bonchev–Trinajstić information content (AvgIpc) is 3.50. The van der Waals surface area contributed by atoms with Crippen molar-refractivity contribution in [3.63, 3.8) is 0 Å². The Kier molecular flexibility index (Phi) is 13.5. The van der Waals surface area contributed by atoms with Crippen LogP contribution in [-0.4, -0.2) is 56.6 Å². The molecule has 0 radical (unpaired) electrons. The van der Waals surface area contributed by atoms with Crippen LogP contribution in [0, 0.1) is 5.92 Å². The van der Waals surface area contributed by atoms with Crippen molar-refractivity contribution in [2.24, 2.45) is 10.9 Å². The van der Waals surface area contributed by atoms with Crippen LogP contribution in [0.25, 0.3) is 0 Å². The van der Waals surface area contributed by atoms with Gasteiger partial charge in [-0.3, -0.25) is 4.99 Å². The van der Waals surface area contributed by atoms with E-state index in [0.29, 0.717) is 25.7 Å². The Morgan fingerprint density at radius 1 is 1.25 bits per heavy atom. The molecule has 1 aromatic carbocycles. The van der Waals surface area contributed by atoms with E-state index in [-0.39, 0.29) is 30.1 Å². The second kappa shape index (κ2) is 15.0. The first-order valence-corrected chi connectivity index (χ1v) is 10.1. The molecule has 1 aliphatic carbocycles. The highest BCUT2D eigenvalue weighted by atomic mass is 127. The van der Waals surface area contributed by atoms with Crippen LogP contribution in [0.5, 0.6) is 0 Å². The van der Waals surface area contributed by atoms with E-state index in [9.17, 15) is 5.11 Å². The molecule has 28 heavy (non-hydrogen) atoms. The standard InChI is InChI=1S/C21H35N3O3.HI/c1-3-22-21(24-14-20(25)16-26-15-18-10-11-18)23-12-7-13-27-17(2)19-8-5-4-6-9-19;/h4-6,8-9,17-18,20,25H,3,7,10-16H2,1-2H3,(H2,22,23,24);1H. The van der Waals surface area contributed by atoms with E-state index in [0.717, 1.165) is 32.1 Å². The van der Waals surface area contributed by atoms with Gasteiger partial charge >= 0.3 is 0 Å². The zero-order chi connectivity index (χ0) is 19.3. The number of hydrogen-bond donors (Lipinski definition) is 3. The fourth-order valence-electron chi connectivity index (χ4n) is 2.61. The quantitative estimate of drug-likeness (QED) is 0.166. The Morgan fingerprint density at radius 2 is 2.00 bits per heavy atom. The van der Waals surface area contributed by atoms with Gasteiger partial charge in [-0.15, -0.1) is 24.0 Å². The Morgan fingerprint density at radius 3 is 2.68 bits per heavy atom. The Hall–Kier alpha value is -0.900. The lowest BCUT2D eigenvalue weighted by atomic mass is 10.1. The molecule has 1 saturated carbocycles. The van der Waals surface area contributed by atoms with E-state index in [2.05, 4.69) is 34.7 Å². The van der Waals surface area contributed by atoms with Crippen molar-refractivity contribution >= 4 is 29.9 Å². The monoisotopic (exact) mass is 505 g/mol. The van der Waals surface area contributed by atoms with E-state index in [1.807, 2.05) is 25.1 Å². The fourth-order valence-corrected chi connectivity index (χ4v) is 2.61. The molecule has 0 heterocycles. The summed E-state index contributed by atoms with van der Waals surface area (Å²) in [7, 11) is 0. The molecule has 1 aromatic rings. The number of rotatable bonds is 13. The minimum absolute atomic E-state index is 0. The molecule has 6 nitrogen and oxygen atoms in total. The van der Waals surface area contributed by atoms with Crippen LogP contribution in [0.1, 0.15) is 44.8 Å². The normalized spacial score (nSPS) is 16.2. The van der Waals surface area contributed by atoms with Crippen LogP contribution in [0.2, 0.25) is 0 Å². The van der Waals surface area contributed by atoms with Gasteiger partial charge in [0.05, 0.1) is 25.4 Å². The van der Waals surface area contributed by atoms with Gasteiger partial charge in [0, 0.05) is 26.3 Å². The summed E-state index contributed by atoms with van der Waals surface area (Å²) in [6.45, 7) is 7.77. The SMILES string of the molecule is CCNC(=NCC(O)COCC1CC1)NCCCOC(C)c1ccccc1.I. The average molecular weight is 505 g/mol. The summed E-state index contributed by atoms with van der Waals surface area (Å²) < 4.78 is 11.4. The highest BCUT2D eigenvalue weighted by molar-refractivity contribution is 14.0. The maximum atomic E-state index is 9.97. The number of benzene rings is 1. The number of aliphatic hydroxyl groups excluding tert-OH is 1. The van der Waals surface area contributed by atoms with Crippen molar-refractivity contribution in [2.45, 2.75) is 45.3 Å². The van der Waals surface area contributed by atoms with Crippen molar-refractivity contribution in [2.75, 3.05) is 39.5 Å². The molecule has 0 saturated heterocycles. The molecule has 7 heteroatoms. The van der Waals surface area contributed by atoms with E-state index < -0.39 is 6.10 Å². The molecule has 160 valence electrons. The van der Waals surface area contributed by atoms with Gasteiger partial charge in [0.2, 0.25) is 0 Å². The van der Waals surface area contributed by atoms with Crippen molar-refractivity contribution in [1.29, 1.82) is 0 Å². The number of guanidine groups is 1. The van der Waals surface area contributed by atoms with Crippen LogP contribution in [0.15, 0.2) is 35.3 Å². The summed E-state index contributed by atoms with van der Waals surface area (Å²) in [5, 5.41) is 16.4. The third-order valence-electron chi connectivity index (χ3n) is 4.42. The summed E-state index contributed by atoms with van der Waals surface area (Å²) in [6.07, 6.45) is 2.94. The largest absolute Gasteiger partial charge is 0.389 e. The summed E-state index contributed by atoms with van der Waals surface area (Å²) in [5.74, 6) is 1.43. The van der Waals surface area contributed by atoms with Gasteiger partial charge < -0.3 is 25.2 Å². The first-order chi connectivity index (χ1) is 13.2. The zero-order valence-corrected chi connectivity index (χ0v) is 19.4. The molecule has 2 unspecified atom stereocenters. The third kappa shape index (κ3) is 11.2. The fraction of sp³-hybridized carbons (Fsp3) is 0.667. The maximum absolute atomic E-state index is 9.97. The Bertz CT molecular complexity index is 541. The molecular weight excluding hydrogens is 469 g/mol. The van der Waals surface area contributed by atoms with E-state index in [4.69, 9.17) is 9.47 Å². The Labute approximate surface area is 186 Å². The van der Waals surface area contributed by atoms with E-state index in [1.54, 1.807) is 0 Å². The lowest BCUT2D eigenvalue weighted by molar-refractivity contribution is 0.0368. The predicted molar refractivity (Wildman–Crippen MR) is 124 cm³/mol. The predicted octanol–water partition coefficient (Wildman–Crippen LogP) is 3.11. The first-order valence-electron chi connectivity index (χ1n) is 10.1. The van der Waals surface area contributed by atoms with Crippen LogP contribution < -0.4 is 10.6 Å². The highest BCUT2D eigenvalue weighted by Crippen LogP contribution is 2.28. The van der Waals surface area contributed by atoms with Gasteiger partial charge in [-0.1, -0.05) is 30.3 Å². The van der Waals surface area contributed by atoms with Crippen molar-refractivity contribution in [3.05, 3.63) is 35.9 Å². The van der Waals surface area contributed by atoms with Gasteiger partial charge in [-0.25, -0.2) is 0 Å². The molecule has 0 bridgehead atoms. The van der Waals surface area contributed by atoms with Crippen LogP contribution in [-0.2, 0) is 9.47 Å². The van der Waals surface area contributed by atoms with Crippen molar-refractivity contribution < 1.29 is 14.6 Å². The number of ether oxygens (including phenoxy) is 2. The lowest BCUT2D eigenvalue weighted by Crippen LogP contribution is -2.39. The van der Waals surface area contributed by atoms with Crippen molar-refractivity contribution in [3.8, 4) is 0 Å². The van der Waals surface area contributed by atoms with Crippen molar-refractivity contribution in [1.82, 2.24) is 10.6 Å². The van der Waals surface area contributed by atoms with Gasteiger partial charge in [-0.2, -0.15) is 0 Å². The number of halogens is 1. The van der Waals surface area contributed by atoms with E-state index >= 15 is 0 Å². The second-order valence-corrected chi connectivity index (χ2v) is 7.06. The second-order valence-electron chi connectivity index (χ2n) is 7.06. The number of nitrogens with one attached hydrogen (secondary N) is 2. The molecule has 1 fully saturated rings. The molecule has 0 spiro atoms. The topological polar surface area (TPSA) is 75.1 Å². The van der Waals surface area contributed by atoms with Gasteiger partial charge in [-0.05, 0) is 44.6 Å². The first kappa shape index (κ1) is 25.1. The number of hydrogen-bond acceptors (Lipinski definition) is 4. The molecule has 0 aromatic heterocycles. The smallest absolute Gasteiger partial charge is 0.191 e. The summed E-state index contributed by atoms with van der Waals surface area (Å²) in [6, 6.07) is 10.2. The number of nitrogens with zero attached hydrogens (tertiary/aromatic N) is 1. The summed E-state index contributed by atoms with van der Waals surface area (Å²) >= 11 is 0. The molecule has 1 aliphatic rings. The van der Waals surface area contributed by atoms with Crippen LogP contribution in [0.4, 0.5) is 0 Å². The van der Waals surface area contributed by atoms with Crippen LogP contribution >= 0.6 is 24.0 Å². The Balaban J connectivity index is 0.00000392. The third-order valence-corrected chi connectivity index (χ3v) is 4.42. The van der Waals surface area contributed by atoms with Crippen LogP contribution in [0.3, 0.4) is 0 Å². The molecule has 3 N–H and O–H groups in total. The molecular formula is C21H36IN3O3. The minimum Gasteiger partial charge on any atom is -0.389 e. The molecule has 2 atom stereocenters. The van der Waals surface area contributed by atoms with Gasteiger partial charge in [0.15, 0.2) is 5.96 Å². The molecule has 0 amide bonds. The number of aliphatic hydroxyl groups is 1. The lowest BCUT2D eigenvalue weighted by Gasteiger charge is -2.15. The molecule has 2 rings (SSSR count). The maximum Gasteiger partial charge on any atom is 0.191 e. The molecule has 0 aliphatic heterocycles. The minimum atomic E-state index is -0.561. The van der Waals surface area contributed by atoms with Gasteiger partial charge in [0.25, 0.3) is 0 Å².